The SMILES string of the molecule is Cc1c(N)cccc1SCC1CCC(C(=O)NN)O1. The molecule has 1 aromatic carbocycles. The van der Waals surface area contributed by atoms with Gasteiger partial charge in [-0.3, -0.25) is 10.2 Å². The van der Waals surface area contributed by atoms with E-state index in [1.54, 1.807) is 11.8 Å². The molecule has 0 saturated carbocycles. The molecule has 0 radical (unpaired) electrons. The van der Waals surface area contributed by atoms with E-state index < -0.39 is 6.10 Å². The predicted molar refractivity (Wildman–Crippen MR) is 76.5 cm³/mol. The first-order valence-electron chi connectivity index (χ1n) is 6.25. The quantitative estimate of drug-likeness (QED) is 0.254. The zero-order valence-corrected chi connectivity index (χ0v) is 11.7. The first-order valence-corrected chi connectivity index (χ1v) is 7.24. The number of hydrazine groups is 1. The Morgan fingerprint density at radius 2 is 2.32 bits per heavy atom. The summed E-state index contributed by atoms with van der Waals surface area (Å²) in [5, 5.41) is 0. The van der Waals surface area contributed by atoms with Crippen molar-refractivity contribution in [2.24, 2.45) is 5.84 Å². The van der Waals surface area contributed by atoms with E-state index in [0.717, 1.165) is 34.7 Å². The smallest absolute Gasteiger partial charge is 0.263 e. The van der Waals surface area contributed by atoms with Crippen LogP contribution in [0.1, 0.15) is 18.4 Å². The average Bonchev–Trinajstić information content (AvgIpc) is 2.88. The summed E-state index contributed by atoms with van der Waals surface area (Å²) in [7, 11) is 0. The minimum atomic E-state index is -0.405. The molecule has 1 saturated heterocycles. The fourth-order valence-electron chi connectivity index (χ4n) is 2.08. The Labute approximate surface area is 117 Å². The van der Waals surface area contributed by atoms with Crippen LogP contribution in [-0.4, -0.2) is 23.9 Å². The van der Waals surface area contributed by atoms with Gasteiger partial charge in [0.05, 0.1) is 6.10 Å². The minimum Gasteiger partial charge on any atom is -0.398 e. The van der Waals surface area contributed by atoms with Gasteiger partial charge in [-0.25, -0.2) is 5.84 Å². The second kappa shape index (κ2) is 6.27. The number of rotatable bonds is 4. The van der Waals surface area contributed by atoms with Crippen molar-refractivity contribution in [2.75, 3.05) is 11.5 Å². The summed E-state index contributed by atoms with van der Waals surface area (Å²) in [4.78, 5) is 12.5. The number of nitrogens with one attached hydrogen (secondary N) is 1. The molecular formula is C13H19N3O2S. The Morgan fingerprint density at radius 3 is 3.05 bits per heavy atom. The second-order valence-corrected chi connectivity index (χ2v) is 5.68. The molecule has 1 heterocycles. The van der Waals surface area contributed by atoms with Crippen molar-refractivity contribution >= 4 is 23.4 Å². The summed E-state index contributed by atoms with van der Waals surface area (Å²) < 4.78 is 5.66. The maximum absolute atomic E-state index is 11.3. The lowest BCUT2D eigenvalue weighted by Crippen LogP contribution is -2.39. The van der Waals surface area contributed by atoms with Crippen LogP contribution in [-0.2, 0) is 9.53 Å². The van der Waals surface area contributed by atoms with Crippen molar-refractivity contribution in [3.63, 3.8) is 0 Å². The van der Waals surface area contributed by atoms with Crippen molar-refractivity contribution in [3.8, 4) is 0 Å². The number of nitrogens with two attached hydrogens (primary N) is 2. The van der Waals surface area contributed by atoms with Crippen molar-refractivity contribution in [1.29, 1.82) is 0 Å². The highest BCUT2D eigenvalue weighted by Gasteiger charge is 2.30. The molecule has 0 aromatic heterocycles. The molecule has 2 rings (SSSR count). The molecule has 0 aliphatic carbocycles. The van der Waals surface area contributed by atoms with Crippen molar-refractivity contribution < 1.29 is 9.53 Å². The fourth-order valence-corrected chi connectivity index (χ4v) is 3.20. The summed E-state index contributed by atoms with van der Waals surface area (Å²) in [6.07, 6.45) is 1.29. The van der Waals surface area contributed by atoms with Crippen molar-refractivity contribution in [1.82, 2.24) is 5.43 Å². The van der Waals surface area contributed by atoms with Gasteiger partial charge < -0.3 is 10.5 Å². The highest BCUT2D eigenvalue weighted by molar-refractivity contribution is 7.99. The summed E-state index contributed by atoms with van der Waals surface area (Å²) >= 11 is 1.71. The van der Waals surface area contributed by atoms with Crippen molar-refractivity contribution in [2.45, 2.75) is 36.9 Å². The number of amides is 1. The van der Waals surface area contributed by atoms with E-state index in [9.17, 15) is 4.79 Å². The van der Waals surface area contributed by atoms with Crippen LogP contribution < -0.4 is 17.0 Å². The standard InChI is InChI=1S/C13H19N3O2S/c1-8-10(14)3-2-4-12(8)19-7-9-5-6-11(18-9)13(17)16-15/h2-4,9,11H,5-7,14-15H2,1H3,(H,16,17). The van der Waals surface area contributed by atoms with Gasteiger partial charge in [-0.2, -0.15) is 0 Å². The van der Waals surface area contributed by atoms with Gasteiger partial charge in [-0.15, -0.1) is 11.8 Å². The highest BCUT2D eigenvalue weighted by Crippen LogP contribution is 2.30. The molecule has 104 valence electrons. The van der Waals surface area contributed by atoms with E-state index in [2.05, 4.69) is 11.5 Å². The second-order valence-electron chi connectivity index (χ2n) is 4.61. The van der Waals surface area contributed by atoms with E-state index in [1.165, 1.54) is 0 Å². The predicted octanol–water partition coefficient (Wildman–Crippen LogP) is 1.21. The monoisotopic (exact) mass is 281 g/mol. The number of thioether (sulfide) groups is 1. The first-order chi connectivity index (χ1) is 9.11. The lowest BCUT2D eigenvalue weighted by atomic mass is 10.2. The van der Waals surface area contributed by atoms with Gasteiger partial charge in [0.2, 0.25) is 0 Å². The number of ether oxygens (including phenoxy) is 1. The van der Waals surface area contributed by atoms with Gasteiger partial charge in [-0.1, -0.05) is 6.07 Å². The lowest BCUT2D eigenvalue weighted by Gasteiger charge is -2.13. The number of benzene rings is 1. The lowest BCUT2D eigenvalue weighted by molar-refractivity contribution is -0.131. The number of nitrogen functional groups attached to an aromatic ring is 1. The zero-order valence-electron chi connectivity index (χ0n) is 10.9. The largest absolute Gasteiger partial charge is 0.398 e. The minimum absolute atomic E-state index is 0.0909. The molecule has 1 aliphatic heterocycles. The molecule has 0 bridgehead atoms. The van der Waals surface area contributed by atoms with Crippen LogP contribution in [0.2, 0.25) is 0 Å². The normalized spacial score (nSPS) is 22.4. The van der Waals surface area contributed by atoms with Gasteiger partial charge >= 0.3 is 0 Å². The molecule has 19 heavy (non-hydrogen) atoms. The molecule has 2 unspecified atom stereocenters. The van der Waals surface area contributed by atoms with Gasteiger partial charge in [0.1, 0.15) is 6.10 Å². The van der Waals surface area contributed by atoms with Crippen LogP contribution in [0, 0.1) is 6.92 Å². The third kappa shape index (κ3) is 3.40. The Bertz CT molecular complexity index is 467. The van der Waals surface area contributed by atoms with E-state index >= 15 is 0 Å². The van der Waals surface area contributed by atoms with E-state index in [0.29, 0.717) is 0 Å². The zero-order chi connectivity index (χ0) is 13.8. The van der Waals surface area contributed by atoms with Crippen molar-refractivity contribution in [3.05, 3.63) is 23.8 Å². The van der Waals surface area contributed by atoms with Crippen LogP contribution in [0.15, 0.2) is 23.1 Å². The van der Waals surface area contributed by atoms with E-state index in [4.69, 9.17) is 16.3 Å². The summed E-state index contributed by atoms with van der Waals surface area (Å²) in [6, 6.07) is 5.90. The molecule has 1 amide bonds. The van der Waals surface area contributed by atoms with Crippen LogP contribution in [0.25, 0.3) is 0 Å². The maximum Gasteiger partial charge on any atom is 0.263 e. The molecule has 5 nitrogen and oxygen atoms in total. The Morgan fingerprint density at radius 1 is 1.53 bits per heavy atom. The maximum atomic E-state index is 11.3. The third-order valence-electron chi connectivity index (χ3n) is 3.29. The number of carbonyl (C=O) groups is 1. The summed E-state index contributed by atoms with van der Waals surface area (Å²) in [5.41, 5.74) is 9.91. The van der Waals surface area contributed by atoms with E-state index in [-0.39, 0.29) is 12.0 Å². The van der Waals surface area contributed by atoms with Crippen LogP contribution in [0.3, 0.4) is 0 Å². The highest BCUT2D eigenvalue weighted by atomic mass is 32.2. The number of carbonyl (C=O) groups excluding carboxylic acids is 1. The van der Waals surface area contributed by atoms with E-state index in [1.807, 2.05) is 19.1 Å². The summed E-state index contributed by atoms with van der Waals surface area (Å²) in [5.74, 6) is 5.68. The Kier molecular flexibility index (Phi) is 4.68. The van der Waals surface area contributed by atoms with Gasteiger partial charge in [0.25, 0.3) is 5.91 Å². The topological polar surface area (TPSA) is 90.4 Å². The van der Waals surface area contributed by atoms with Crippen LogP contribution in [0.5, 0.6) is 0 Å². The number of hydrogen-bond donors (Lipinski definition) is 3. The molecular weight excluding hydrogens is 262 g/mol. The summed E-state index contributed by atoms with van der Waals surface area (Å²) in [6.45, 7) is 2.01. The number of hydrogen-bond acceptors (Lipinski definition) is 5. The average molecular weight is 281 g/mol. The van der Waals surface area contributed by atoms with Gasteiger partial charge in [0, 0.05) is 16.3 Å². The first kappa shape index (κ1) is 14.2. The molecule has 1 aromatic rings. The molecule has 6 heteroatoms. The Balaban J connectivity index is 1.87. The van der Waals surface area contributed by atoms with Gasteiger partial charge in [-0.05, 0) is 37.5 Å². The van der Waals surface area contributed by atoms with Crippen LogP contribution >= 0.6 is 11.8 Å². The molecule has 0 spiro atoms. The third-order valence-corrected chi connectivity index (χ3v) is 4.58. The molecule has 1 aliphatic rings. The molecule has 5 N–H and O–H groups in total. The Hall–Kier alpha value is -1.24. The molecule has 1 fully saturated rings. The number of anilines is 1. The van der Waals surface area contributed by atoms with Gasteiger partial charge in [0.15, 0.2) is 0 Å². The fraction of sp³-hybridized carbons (Fsp3) is 0.462. The molecule has 2 atom stereocenters. The van der Waals surface area contributed by atoms with Crippen LogP contribution in [0.4, 0.5) is 5.69 Å².